The minimum Gasteiger partial charge on any atom is -0.326 e. The van der Waals surface area contributed by atoms with E-state index in [0.717, 1.165) is 22.3 Å². The summed E-state index contributed by atoms with van der Waals surface area (Å²) in [5.74, 6) is 0.864. The van der Waals surface area contributed by atoms with Crippen LogP contribution in [0.25, 0.3) is 16.7 Å². The van der Waals surface area contributed by atoms with E-state index in [9.17, 15) is 9.00 Å². The molecule has 10 heteroatoms. The highest BCUT2D eigenvalue weighted by Gasteiger charge is 2.12. The van der Waals surface area contributed by atoms with Crippen molar-refractivity contribution in [2.45, 2.75) is 13.3 Å². The predicted octanol–water partition coefficient (Wildman–Crippen LogP) is 5.53. The van der Waals surface area contributed by atoms with Gasteiger partial charge in [-0.1, -0.05) is 18.5 Å². The molecule has 4 aromatic rings. The molecule has 0 fully saturated rings. The molecular weight excluding hydrogens is 460 g/mol. The van der Waals surface area contributed by atoms with Crippen LogP contribution >= 0.6 is 11.6 Å². The lowest BCUT2D eigenvalue weighted by molar-refractivity contribution is -0.115. The zero-order valence-corrected chi connectivity index (χ0v) is 19.9. The fraction of sp³-hybridized carbons (Fsp3) is 0.174. The number of fused-ring (bicyclic) bond motifs is 1. The van der Waals surface area contributed by atoms with Crippen molar-refractivity contribution in [3.05, 3.63) is 65.9 Å². The number of benzene rings is 2. The van der Waals surface area contributed by atoms with E-state index in [0.29, 0.717) is 28.9 Å². The van der Waals surface area contributed by atoms with Crippen molar-refractivity contribution < 1.29 is 9.00 Å². The van der Waals surface area contributed by atoms with Crippen LogP contribution in [0.15, 0.2) is 65.3 Å². The molecule has 2 aromatic heterocycles. The van der Waals surface area contributed by atoms with Crippen molar-refractivity contribution in [2.75, 3.05) is 23.1 Å². The lowest BCUT2D eigenvalue weighted by atomic mass is 10.2. The van der Waals surface area contributed by atoms with Gasteiger partial charge in [0, 0.05) is 51.6 Å². The summed E-state index contributed by atoms with van der Waals surface area (Å²) >= 11 is 6.42. The predicted molar refractivity (Wildman–Crippen MR) is 135 cm³/mol. The van der Waals surface area contributed by atoms with Crippen molar-refractivity contribution in [3.63, 3.8) is 0 Å². The van der Waals surface area contributed by atoms with Gasteiger partial charge >= 0.3 is 0 Å². The number of rotatable bonds is 6. The summed E-state index contributed by atoms with van der Waals surface area (Å²) < 4.78 is 17.9. The van der Waals surface area contributed by atoms with Gasteiger partial charge in [0.15, 0.2) is 5.82 Å². The summed E-state index contributed by atoms with van der Waals surface area (Å²) in [5.41, 5.74) is 3.03. The number of aromatic nitrogens is 3. The van der Waals surface area contributed by atoms with E-state index in [4.69, 9.17) is 11.6 Å². The number of halogens is 1. The minimum atomic E-state index is -2.22. The van der Waals surface area contributed by atoms with E-state index in [1.165, 1.54) is 0 Å². The molecular formula is C23H23ClN6O2S. The van der Waals surface area contributed by atoms with Gasteiger partial charge in [-0.25, -0.2) is 9.19 Å². The first-order valence-corrected chi connectivity index (χ1v) is 12.9. The largest absolute Gasteiger partial charge is 0.326 e. The van der Waals surface area contributed by atoms with Crippen LogP contribution in [-0.2, 0) is 14.5 Å². The van der Waals surface area contributed by atoms with Crippen LogP contribution in [0.3, 0.4) is 0 Å². The third-order valence-corrected chi connectivity index (χ3v) is 5.61. The molecule has 4 rings (SSSR count). The Morgan fingerprint density at radius 1 is 1.12 bits per heavy atom. The summed E-state index contributed by atoms with van der Waals surface area (Å²) in [6, 6.07) is 14.8. The number of anilines is 3. The molecule has 0 bridgehead atoms. The number of amides is 1. The Morgan fingerprint density at radius 3 is 2.55 bits per heavy atom. The Hall–Kier alpha value is -3.43. The second-order valence-corrected chi connectivity index (χ2v) is 10.6. The summed E-state index contributed by atoms with van der Waals surface area (Å²) in [5, 5.41) is 7.36. The van der Waals surface area contributed by atoms with Gasteiger partial charge < -0.3 is 10.6 Å². The van der Waals surface area contributed by atoms with Crippen LogP contribution < -0.4 is 10.6 Å². The van der Waals surface area contributed by atoms with Gasteiger partial charge in [-0.15, -0.1) is 0 Å². The topological polar surface area (TPSA) is 101 Å². The smallest absolute Gasteiger partial charge is 0.229 e. The highest BCUT2D eigenvalue weighted by Crippen LogP contribution is 2.28. The van der Waals surface area contributed by atoms with Crippen LogP contribution in [0.4, 0.5) is 23.0 Å². The first-order chi connectivity index (χ1) is 15.7. The third kappa shape index (κ3) is 5.50. The number of nitrogens with one attached hydrogen (secondary N) is 2. The van der Waals surface area contributed by atoms with E-state index >= 15 is 0 Å². The van der Waals surface area contributed by atoms with Crippen LogP contribution in [0, 0.1) is 0 Å². The molecule has 0 spiro atoms. The van der Waals surface area contributed by atoms with Gasteiger partial charge in [0.05, 0.1) is 17.4 Å². The maximum absolute atomic E-state index is 11.9. The standard InChI is InChI=1S/C23H23ClN6O2S/c1-4-21(31)26-18-9-10-20-15(13-18)11-12-30(20)22-19(24)14-25-23(28-22)27-16-5-7-17(8-6-16)29-33(2,3)32/h5-14H,4H2,1-3H3,(H,26,31)(H,25,27,28). The number of nitrogens with zero attached hydrogens (tertiary/aromatic N) is 4. The summed E-state index contributed by atoms with van der Waals surface area (Å²) in [6.07, 6.45) is 7.02. The molecule has 0 saturated heterocycles. The SMILES string of the molecule is CCC(=O)Nc1ccc2c(ccn2-c2nc(Nc3ccc(N=S(C)(C)=O)cc3)ncc2Cl)c1. The van der Waals surface area contributed by atoms with E-state index < -0.39 is 9.73 Å². The Bertz CT molecular complexity index is 1450. The number of hydrogen-bond acceptors (Lipinski definition) is 6. The van der Waals surface area contributed by atoms with E-state index in [1.54, 1.807) is 30.8 Å². The highest BCUT2D eigenvalue weighted by atomic mass is 35.5. The minimum absolute atomic E-state index is 0.0389. The Kier molecular flexibility index (Phi) is 6.35. The maximum atomic E-state index is 11.9. The van der Waals surface area contributed by atoms with Gasteiger partial charge in [0.2, 0.25) is 11.9 Å². The number of hydrogen-bond donors (Lipinski definition) is 2. The van der Waals surface area contributed by atoms with Crippen LogP contribution in [0.2, 0.25) is 5.02 Å². The third-order valence-electron chi connectivity index (χ3n) is 4.70. The maximum Gasteiger partial charge on any atom is 0.229 e. The first kappa shape index (κ1) is 22.8. The van der Waals surface area contributed by atoms with Crippen molar-refractivity contribution >= 4 is 61.2 Å². The molecule has 33 heavy (non-hydrogen) atoms. The van der Waals surface area contributed by atoms with Crippen molar-refractivity contribution in [2.24, 2.45) is 4.36 Å². The van der Waals surface area contributed by atoms with Gasteiger partial charge in [0.1, 0.15) is 5.02 Å². The Morgan fingerprint density at radius 2 is 1.85 bits per heavy atom. The van der Waals surface area contributed by atoms with E-state index in [2.05, 4.69) is 25.0 Å². The molecule has 0 aliphatic carbocycles. The molecule has 0 atom stereocenters. The molecule has 0 saturated carbocycles. The zero-order valence-electron chi connectivity index (χ0n) is 18.4. The number of carbonyl (C=O) groups is 1. The number of carbonyl (C=O) groups excluding carboxylic acids is 1. The normalized spacial score (nSPS) is 11.4. The molecule has 2 heterocycles. The summed E-state index contributed by atoms with van der Waals surface area (Å²) in [7, 11) is -2.22. The Labute approximate surface area is 197 Å². The zero-order chi connectivity index (χ0) is 23.6. The molecule has 0 radical (unpaired) electrons. The first-order valence-electron chi connectivity index (χ1n) is 10.2. The van der Waals surface area contributed by atoms with Gasteiger partial charge in [0.25, 0.3) is 0 Å². The molecule has 1 amide bonds. The Balaban J connectivity index is 1.62. The average Bonchev–Trinajstić information content (AvgIpc) is 3.18. The second kappa shape index (κ2) is 9.21. The second-order valence-electron chi connectivity index (χ2n) is 7.67. The summed E-state index contributed by atoms with van der Waals surface area (Å²) in [6.45, 7) is 1.81. The fourth-order valence-corrected chi connectivity index (χ4v) is 4.04. The molecule has 170 valence electrons. The lowest BCUT2D eigenvalue weighted by Crippen LogP contribution is -2.09. The summed E-state index contributed by atoms with van der Waals surface area (Å²) in [4.78, 5) is 20.6. The van der Waals surface area contributed by atoms with Gasteiger partial charge in [-0.2, -0.15) is 9.35 Å². The van der Waals surface area contributed by atoms with Crippen molar-refractivity contribution in [1.82, 2.24) is 14.5 Å². The van der Waals surface area contributed by atoms with E-state index in [-0.39, 0.29) is 5.91 Å². The van der Waals surface area contributed by atoms with Gasteiger partial charge in [-0.3, -0.25) is 9.36 Å². The molecule has 0 unspecified atom stereocenters. The monoisotopic (exact) mass is 482 g/mol. The quantitative estimate of drug-likeness (QED) is 0.376. The lowest BCUT2D eigenvalue weighted by Gasteiger charge is -2.11. The van der Waals surface area contributed by atoms with Crippen molar-refractivity contribution in [3.8, 4) is 5.82 Å². The van der Waals surface area contributed by atoms with Crippen molar-refractivity contribution in [1.29, 1.82) is 0 Å². The average molecular weight is 483 g/mol. The molecule has 2 N–H and O–H groups in total. The fourth-order valence-electron chi connectivity index (χ4n) is 3.23. The molecule has 2 aromatic carbocycles. The van der Waals surface area contributed by atoms with E-state index in [1.807, 2.05) is 54.1 Å². The van der Waals surface area contributed by atoms with Crippen LogP contribution in [0.5, 0.6) is 0 Å². The van der Waals surface area contributed by atoms with Gasteiger partial charge in [-0.05, 0) is 48.5 Å². The molecule has 8 nitrogen and oxygen atoms in total. The highest BCUT2D eigenvalue weighted by molar-refractivity contribution is 7.92. The molecule has 0 aliphatic rings. The molecule has 0 aliphatic heterocycles. The van der Waals surface area contributed by atoms with Crippen LogP contribution in [0.1, 0.15) is 13.3 Å². The van der Waals surface area contributed by atoms with Crippen LogP contribution in [-0.4, -0.2) is 37.2 Å².